The number of nitrogens with one attached hydrogen (secondary N) is 1. The van der Waals surface area contributed by atoms with Crippen molar-refractivity contribution in [3.05, 3.63) is 64.9 Å². The summed E-state index contributed by atoms with van der Waals surface area (Å²) in [5, 5.41) is 4.13. The first-order valence-electron chi connectivity index (χ1n) is 6.19. The van der Waals surface area contributed by atoms with Crippen LogP contribution in [-0.4, -0.2) is 5.91 Å². The Morgan fingerprint density at radius 1 is 1.15 bits per heavy atom. The van der Waals surface area contributed by atoms with Gasteiger partial charge in [-0.1, -0.05) is 35.9 Å². The summed E-state index contributed by atoms with van der Waals surface area (Å²) in [6.45, 7) is 1.98. The van der Waals surface area contributed by atoms with E-state index in [0.717, 1.165) is 10.9 Å². The number of carbonyl (C=O) groups is 1. The molecule has 20 heavy (non-hydrogen) atoms. The molecule has 2 aromatic carbocycles. The largest absolute Gasteiger partial charge is 0.451 e. The van der Waals surface area contributed by atoms with Gasteiger partial charge in [-0.3, -0.25) is 4.79 Å². The number of amides is 1. The molecule has 1 N–H and O–H groups in total. The number of halogens is 1. The van der Waals surface area contributed by atoms with Crippen LogP contribution in [0.5, 0.6) is 0 Å². The predicted octanol–water partition coefficient (Wildman–Crippen LogP) is 4.65. The number of anilines is 1. The van der Waals surface area contributed by atoms with Crippen LogP contribution in [0.1, 0.15) is 16.1 Å². The number of benzene rings is 2. The zero-order valence-electron chi connectivity index (χ0n) is 10.8. The zero-order chi connectivity index (χ0) is 14.1. The average Bonchev–Trinajstić information content (AvgIpc) is 2.84. The quantitative estimate of drug-likeness (QED) is 0.745. The van der Waals surface area contributed by atoms with E-state index in [2.05, 4.69) is 5.32 Å². The monoisotopic (exact) mass is 285 g/mol. The molecule has 3 nitrogen and oxygen atoms in total. The van der Waals surface area contributed by atoms with Gasteiger partial charge in [0.25, 0.3) is 5.91 Å². The van der Waals surface area contributed by atoms with E-state index in [1.807, 2.05) is 37.3 Å². The number of carbonyl (C=O) groups excluding carboxylic acids is 1. The molecule has 0 aliphatic heterocycles. The minimum atomic E-state index is -0.313. The van der Waals surface area contributed by atoms with E-state index in [1.54, 1.807) is 18.2 Å². The predicted molar refractivity (Wildman–Crippen MR) is 80.4 cm³/mol. The van der Waals surface area contributed by atoms with Crippen molar-refractivity contribution in [3.8, 4) is 0 Å². The third-order valence-corrected chi connectivity index (χ3v) is 3.35. The van der Waals surface area contributed by atoms with Crippen LogP contribution in [0, 0.1) is 6.92 Å². The number of hydrogen-bond acceptors (Lipinski definition) is 2. The van der Waals surface area contributed by atoms with Gasteiger partial charge >= 0.3 is 0 Å². The van der Waals surface area contributed by atoms with E-state index < -0.39 is 0 Å². The first-order valence-corrected chi connectivity index (χ1v) is 6.57. The topological polar surface area (TPSA) is 42.2 Å². The highest BCUT2D eigenvalue weighted by atomic mass is 35.5. The number of fused-ring (bicyclic) bond motifs is 1. The fraction of sp³-hybridized carbons (Fsp3) is 0.0625. The van der Waals surface area contributed by atoms with E-state index in [4.69, 9.17) is 16.0 Å². The summed E-state index contributed by atoms with van der Waals surface area (Å²) in [7, 11) is 0. The SMILES string of the molecule is Cc1ccc2cc(C(=O)Nc3ccccc3Cl)oc2c1. The molecule has 4 heteroatoms. The molecule has 0 aliphatic rings. The molecule has 0 spiro atoms. The van der Waals surface area contributed by atoms with Crippen molar-refractivity contribution in [1.82, 2.24) is 0 Å². The fourth-order valence-corrected chi connectivity index (χ4v) is 2.18. The van der Waals surface area contributed by atoms with E-state index in [0.29, 0.717) is 16.3 Å². The van der Waals surface area contributed by atoms with Crippen LogP contribution in [0.15, 0.2) is 52.9 Å². The molecule has 1 heterocycles. The van der Waals surface area contributed by atoms with Crippen LogP contribution in [0.2, 0.25) is 5.02 Å². The van der Waals surface area contributed by atoms with Crippen molar-refractivity contribution in [1.29, 1.82) is 0 Å². The Balaban J connectivity index is 1.91. The summed E-state index contributed by atoms with van der Waals surface area (Å²) < 4.78 is 5.57. The second-order valence-electron chi connectivity index (χ2n) is 4.59. The second-order valence-corrected chi connectivity index (χ2v) is 4.99. The number of hydrogen-bond donors (Lipinski definition) is 1. The molecular formula is C16H12ClNO2. The second kappa shape index (κ2) is 5.02. The molecule has 3 aromatic rings. The summed E-state index contributed by atoms with van der Waals surface area (Å²) in [6, 6.07) is 14.6. The van der Waals surface area contributed by atoms with Gasteiger partial charge in [-0.15, -0.1) is 0 Å². The summed E-state index contributed by atoms with van der Waals surface area (Å²) in [4.78, 5) is 12.2. The first kappa shape index (κ1) is 12.8. The van der Waals surface area contributed by atoms with Gasteiger partial charge in [-0.2, -0.15) is 0 Å². The van der Waals surface area contributed by atoms with Crippen molar-refractivity contribution in [2.75, 3.05) is 5.32 Å². The molecule has 3 rings (SSSR count). The van der Waals surface area contributed by atoms with E-state index in [-0.39, 0.29) is 11.7 Å². The van der Waals surface area contributed by atoms with Crippen LogP contribution in [0.3, 0.4) is 0 Å². The standard InChI is InChI=1S/C16H12ClNO2/c1-10-6-7-11-9-15(20-14(11)8-10)16(19)18-13-5-3-2-4-12(13)17/h2-9H,1H3,(H,18,19). The zero-order valence-corrected chi connectivity index (χ0v) is 11.6. The highest BCUT2D eigenvalue weighted by Crippen LogP contribution is 2.24. The molecule has 1 aromatic heterocycles. The van der Waals surface area contributed by atoms with Crippen molar-refractivity contribution >= 4 is 34.2 Å². The molecule has 0 bridgehead atoms. The number of aryl methyl sites for hydroxylation is 1. The Labute approximate surface area is 121 Å². The van der Waals surface area contributed by atoms with Gasteiger partial charge in [0.15, 0.2) is 5.76 Å². The molecule has 0 saturated heterocycles. The van der Waals surface area contributed by atoms with Crippen molar-refractivity contribution in [2.24, 2.45) is 0 Å². The van der Waals surface area contributed by atoms with Gasteiger partial charge in [-0.05, 0) is 36.8 Å². The number of rotatable bonds is 2. The van der Waals surface area contributed by atoms with Gasteiger partial charge < -0.3 is 9.73 Å². The lowest BCUT2D eigenvalue weighted by molar-refractivity contribution is 0.0998. The lowest BCUT2D eigenvalue weighted by atomic mass is 10.2. The summed E-state index contributed by atoms with van der Waals surface area (Å²) in [5.74, 6) is -0.0440. The summed E-state index contributed by atoms with van der Waals surface area (Å²) in [6.07, 6.45) is 0. The Kier molecular flexibility index (Phi) is 3.20. The Morgan fingerprint density at radius 3 is 2.75 bits per heavy atom. The molecule has 0 fully saturated rings. The molecule has 1 amide bonds. The van der Waals surface area contributed by atoms with E-state index >= 15 is 0 Å². The molecule has 100 valence electrons. The van der Waals surface area contributed by atoms with Crippen molar-refractivity contribution < 1.29 is 9.21 Å². The molecular weight excluding hydrogens is 274 g/mol. The summed E-state index contributed by atoms with van der Waals surface area (Å²) >= 11 is 6.01. The fourth-order valence-electron chi connectivity index (χ4n) is 2.00. The smallest absolute Gasteiger partial charge is 0.291 e. The Morgan fingerprint density at radius 2 is 1.95 bits per heavy atom. The van der Waals surface area contributed by atoms with Crippen LogP contribution < -0.4 is 5.32 Å². The van der Waals surface area contributed by atoms with Gasteiger partial charge in [0.05, 0.1) is 10.7 Å². The van der Waals surface area contributed by atoms with E-state index in [9.17, 15) is 4.79 Å². The maximum atomic E-state index is 12.2. The Hall–Kier alpha value is -2.26. The summed E-state index contributed by atoms with van der Waals surface area (Å²) in [5.41, 5.74) is 2.36. The minimum absolute atomic E-state index is 0.269. The molecule has 0 unspecified atom stereocenters. The lowest BCUT2D eigenvalue weighted by Gasteiger charge is -2.04. The molecule has 0 radical (unpaired) electrons. The van der Waals surface area contributed by atoms with Crippen LogP contribution in [0.25, 0.3) is 11.0 Å². The maximum Gasteiger partial charge on any atom is 0.291 e. The number of para-hydroxylation sites is 1. The van der Waals surface area contributed by atoms with Crippen LogP contribution in [0.4, 0.5) is 5.69 Å². The number of furan rings is 1. The highest BCUT2D eigenvalue weighted by Gasteiger charge is 2.13. The molecule has 0 aliphatic carbocycles. The van der Waals surface area contributed by atoms with Gasteiger partial charge in [0.1, 0.15) is 5.58 Å². The maximum absolute atomic E-state index is 12.2. The average molecular weight is 286 g/mol. The minimum Gasteiger partial charge on any atom is -0.451 e. The normalized spacial score (nSPS) is 10.7. The molecule has 0 saturated carbocycles. The highest BCUT2D eigenvalue weighted by molar-refractivity contribution is 6.33. The third-order valence-electron chi connectivity index (χ3n) is 3.02. The van der Waals surface area contributed by atoms with Gasteiger partial charge in [0.2, 0.25) is 0 Å². The molecule has 0 atom stereocenters. The van der Waals surface area contributed by atoms with Crippen LogP contribution >= 0.6 is 11.6 Å². The van der Waals surface area contributed by atoms with Crippen LogP contribution in [-0.2, 0) is 0 Å². The lowest BCUT2D eigenvalue weighted by Crippen LogP contribution is -2.10. The van der Waals surface area contributed by atoms with E-state index in [1.165, 1.54) is 0 Å². The first-order chi connectivity index (χ1) is 9.63. The Bertz CT molecular complexity index is 792. The van der Waals surface area contributed by atoms with Crippen molar-refractivity contribution in [3.63, 3.8) is 0 Å². The third kappa shape index (κ3) is 2.40. The van der Waals surface area contributed by atoms with Crippen molar-refractivity contribution in [2.45, 2.75) is 6.92 Å². The van der Waals surface area contributed by atoms with Gasteiger partial charge in [-0.25, -0.2) is 0 Å². The van der Waals surface area contributed by atoms with Gasteiger partial charge in [0, 0.05) is 5.39 Å².